The molecule has 1 aliphatic heterocycles. The Kier molecular flexibility index (Phi) is 5.08. The van der Waals surface area contributed by atoms with Gasteiger partial charge in [-0.2, -0.15) is 8.78 Å². The van der Waals surface area contributed by atoms with E-state index in [1.807, 2.05) is 7.05 Å². The first-order chi connectivity index (χ1) is 9.99. The molecule has 116 valence electrons. The molecule has 7 heteroatoms. The highest BCUT2D eigenvalue weighted by Gasteiger charge is 2.32. The van der Waals surface area contributed by atoms with Crippen LogP contribution in [0.5, 0.6) is 5.75 Å². The maximum Gasteiger partial charge on any atom is 0.387 e. The van der Waals surface area contributed by atoms with E-state index in [0.29, 0.717) is 13.1 Å². The summed E-state index contributed by atoms with van der Waals surface area (Å²) in [5.41, 5.74) is 0.259. The van der Waals surface area contributed by atoms with Gasteiger partial charge in [-0.1, -0.05) is 18.2 Å². The van der Waals surface area contributed by atoms with E-state index in [-0.39, 0.29) is 11.3 Å². The second kappa shape index (κ2) is 6.82. The number of carboxylic acid groups (broad SMARTS) is 1. The predicted molar refractivity (Wildman–Crippen MR) is 72.5 cm³/mol. The van der Waals surface area contributed by atoms with E-state index in [4.69, 9.17) is 0 Å². The summed E-state index contributed by atoms with van der Waals surface area (Å²) in [4.78, 5) is 15.5. The van der Waals surface area contributed by atoms with Crippen molar-refractivity contribution in [2.75, 3.05) is 33.2 Å². The van der Waals surface area contributed by atoms with Crippen LogP contribution in [0, 0.1) is 0 Å². The Morgan fingerprint density at radius 1 is 1.24 bits per heavy atom. The first-order valence-corrected chi connectivity index (χ1v) is 6.68. The van der Waals surface area contributed by atoms with Crippen molar-refractivity contribution in [3.63, 3.8) is 0 Å². The Labute approximate surface area is 121 Å². The van der Waals surface area contributed by atoms with E-state index in [0.717, 1.165) is 13.1 Å². The Morgan fingerprint density at radius 3 is 2.43 bits per heavy atom. The number of benzene rings is 1. The van der Waals surface area contributed by atoms with Gasteiger partial charge in [0.05, 0.1) is 0 Å². The number of carboxylic acids is 1. The van der Waals surface area contributed by atoms with E-state index in [2.05, 4.69) is 9.64 Å². The Bertz CT molecular complexity index is 491. The van der Waals surface area contributed by atoms with Crippen LogP contribution in [0.4, 0.5) is 8.78 Å². The van der Waals surface area contributed by atoms with E-state index in [9.17, 15) is 18.7 Å². The molecule has 1 aromatic rings. The summed E-state index contributed by atoms with van der Waals surface area (Å²) >= 11 is 0. The summed E-state index contributed by atoms with van der Waals surface area (Å²) in [5.74, 6) is -1.15. The van der Waals surface area contributed by atoms with Crippen LogP contribution in [0.3, 0.4) is 0 Å². The van der Waals surface area contributed by atoms with Gasteiger partial charge < -0.3 is 14.7 Å². The summed E-state index contributed by atoms with van der Waals surface area (Å²) < 4.78 is 29.4. The Morgan fingerprint density at radius 2 is 1.86 bits per heavy atom. The zero-order valence-corrected chi connectivity index (χ0v) is 11.7. The van der Waals surface area contributed by atoms with Crippen molar-refractivity contribution in [1.29, 1.82) is 0 Å². The SMILES string of the molecule is CN1CCN(C(C(=O)O)c2ccccc2OC(F)F)CC1. The third-order valence-electron chi connectivity index (χ3n) is 3.57. The van der Waals surface area contributed by atoms with E-state index in [1.165, 1.54) is 12.1 Å². The average Bonchev–Trinajstić information content (AvgIpc) is 2.42. The van der Waals surface area contributed by atoms with Crippen molar-refractivity contribution in [2.45, 2.75) is 12.7 Å². The number of alkyl halides is 2. The average molecular weight is 300 g/mol. The molecule has 0 saturated carbocycles. The minimum Gasteiger partial charge on any atom is -0.480 e. The highest BCUT2D eigenvalue weighted by atomic mass is 19.3. The summed E-state index contributed by atoms with van der Waals surface area (Å²) in [6.07, 6.45) is 0. The second-order valence-electron chi connectivity index (χ2n) is 5.00. The maximum atomic E-state index is 12.5. The smallest absolute Gasteiger partial charge is 0.387 e. The van der Waals surface area contributed by atoms with Crippen LogP contribution in [0.15, 0.2) is 24.3 Å². The first kappa shape index (κ1) is 15.7. The topological polar surface area (TPSA) is 53.0 Å². The molecule has 1 heterocycles. The van der Waals surface area contributed by atoms with Gasteiger partial charge in [-0.15, -0.1) is 0 Å². The largest absolute Gasteiger partial charge is 0.480 e. The summed E-state index contributed by atoms with van der Waals surface area (Å²) in [6.45, 7) is -0.371. The molecular formula is C14H18F2N2O3. The lowest BCUT2D eigenvalue weighted by Gasteiger charge is -2.36. The number of nitrogens with zero attached hydrogens (tertiary/aromatic N) is 2. The molecule has 1 atom stereocenters. The third-order valence-corrected chi connectivity index (χ3v) is 3.57. The summed E-state index contributed by atoms with van der Waals surface area (Å²) in [7, 11) is 1.96. The lowest BCUT2D eigenvalue weighted by atomic mass is 10.0. The predicted octanol–water partition coefficient (Wildman–Crippen LogP) is 1.66. The van der Waals surface area contributed by atoms with Gasteiger partial charge in [-0.05, 0) is 13.1 Å². The van der Waals surface area contributed by atoms with Gasteiger partial charge in [-0.25, -0.2) is 0 Å². The molecule has 2 rings (SSSR count). The van der Waals surface area contributed by atoms with Crippen LogP contribution in [0.1, 0.15) is 11.6 Å². The van der Waals surface area contributed by atoms with Crippen LogP contribution < -0.4 is 4.74 Å². The standard InChI is InChI=1S/C14H18F2N2O3/c1-17-6-8-18(9-7-17)12(13(19)20)10-4-2-3-5-11(10)21-14(15)16/h2-5,12,14H,6-9H2,1H3,(H,19,20). The van der Waals surface area contributed by atoms with Crippen LogP contribution in [-0.2, 0) is 4.79 Å². The van der Waals surface area contributed by atoms with Gasteiger partial charge in [0.25, 0.3) is 0 Å². The van der Waals surface area contributed by atoms with Crippen molar-refractivity contribution in [2.24, 2.45) is 0 Å². The van der Waals surface area contributed by atoms with Crippen molar-refractivity contribution >= 4 is 5.97 Å². The van der Waals surface area contributed by atoms with Gasteiger partial charge in [0, 0.05) is 31.7 Å². The highest BCUT2D eigenvalue weighted by molar-refractivity contribution is 5.76. The first-order valence-electron chi connectivity index (χ1n) is 6.68. The third kappa shape index (κ3) is 3.89. The molecule has 1 aliphatic rings. The number of halogens is 2. The molecule has 0 aromatic heterocycles. The zero-order valence-electron chi connectivity index (χ0n) is 11.7. The molecule has 1 aromatic carbocycles. The van der Waals surface area contributed by atoms with Crippen LogP contribution in [0.2, 0.25) is 0 Å². The van der Waals surface area contributed by atoms with Crippen molar-refractivity contribution in [3.05, 3.63) is 29.8 Å². The van der Waals surface area contributed by atoms with E-state index < -0.39 is 18.6 Å². The number of carbonyl (C=O) groups is 1. The summed E-state index contributed by atoms with van der Waals surface area (Å²) in [6, 6.07) is 5.08. The van der Waals surface area contributed by atoms with Crippen molar-refractivity contribution in [1.82, 2.24) is 9.80 Å². The number of likely N-dealkylation sites (N-methyl/N-ethyl adjacent to an activating group) is 1. The number of rotatable bonds is 5. The number of ether oxygens (including phenoxy) is 1. The molecule has 1 saturated heterocycles. The molecule has 0 bridgehead atoms. The second-order valence-corrected chi connectivity index (χ2v) is 5.00. The van der Waals surface area contributed by atoms with Gasteiger partial charge >= 0.3 is 12.6 Å². The minimum atomic E-state index is -2.98. The molecule has 1 N–H and O–H groups in total. The minimum absolute atomic E-state index is 0.0844. The van der Waals surface area contributed by atoms with Gasteiger partial charge in [0.15, 0.2) is 0 Å². The molecule has 21 heavy (non-hydrogen) atoms. The number of aliphatic carboxylic acids is 1. The number of hydrogen-bond acceptors (Lipinski definition) is 4. The monoisotopic (exact) mass is 300 g/mol. The van der Waals surface area contributed by atoms with Crippen LogP contribution in [0.25, 0.3) is 0 Å². The van der Waals surface area contributed by atoms with Crippen LogP contribution in [-0.4, -0.2) is 60.7 Å². The normalized spacial score (nSPS) is 18.7. The highest BCUT2D eigenvalue weighted by Crippen LogP contribution is 2.31. The van der Waals surface area contributed by atoms with E-state index in [1.54, 1.807) is 17.0 Å². The molecule has 5 nitrogen and oxygen atoms in total. The quantitative estimate of drug-likeness (QED) is 0.896. The molecule has 0 amide bonds. The fourth-order valence-corrected chi connectivity index (χ4v) is 2.48. The number of para-hydroxylation sites is 1. The molecule has 1 unspecified atom stereocenters. The fraction of sp³-hybridized carbons (Fsp3) is 0.500. The van der Waals surface area contributed by atoms with Gasteiger partial charge in [0.1, 0.15) is 11.8 Å². The molecule has 0 radical (unpaired) electrons. The van der Waals surface area contributed by atoms with Gasteiger partial charge in [-0.3, -0.25) is 9.69 Å². The number of piperazine rings is 1. The number of hydrogen-bond donors (Lipinski definition) is 1. The molecule has 0 spiro atoms. The van der Waals surface area contributed by atoms with Crippen molar-refractivity contribution in [3.8, 4) is 5.75 Å². The Balaban J connectivity index is 2.28. The zero-order chi connectivity index (χ0) is 15.4. The molecule has 1 fully saturated rings. The lowest BCUT2D eigenvalue weighted by Crippen LogP contribution is -2.47. The molecule has 0 aliphatic carbocycles. The Hall–Kier alpha value is -1.73. The maximum absolute atomic E-state index is 12.5. The van der Waals surface area contributed by atoms with Gasteiger partial charge in [0.2, 0.25) is 0 Å². The van der Waals surface area contributed by atoms with E-state index >= 15 is 0 Å². The summed E-state index contributed by atoms with van der Waals surface area (Å²) in [5, 5.41) is 9.51. The van der Waals surface area contributed by atoms with Crippen molar-refractivity contribution < 1.29 is 23.4 Å². The van der Waals surface area contributed by atoms with Crippen LogP contribution >= 0.6 is 0 Å². The fourth-order valence-electron chi connectivity index (χ4n) is 2.48. The molecular weight excluding hydrogens is 282 g/mol. The lowest BCUT2D eigenvalue weighted by molar-refractivity contribution is -0.144.